The number of nitrogens with one attached hydrogen (secondary N) is 1. The lowest BCUT2D eigenvalue weighted by atomic mass is 9.92. The molecule has 0 aliphatic rings. The van der Waals surface area contributed by atoms with E-state index in [0.29, 0.717) is 18.6 Å². The second kappa shape index (κ2) is 6.64. The highest BCUT2D eigenvalue weighted by molar-refractivity contribution is 9.10. The van der Waals surface area contributed by atoms with E-state index in [9.17, 15) is 4.39 Å². The Hall–Kier alpha value is -0.450. The van der Waals surface area contributed by atoms with E-state index in [1.807, 2.05) is 33.9 Å². The van der Waals surface area contributed by atoms with Crippen LogP contribution in [-0.4, -0.2) is 25.3 Å². The van der Waals surface area contributed by atoms with Gasteiger partial charge in [0.1, 0.15) is 5.82 Å². The molecule has 18 heavy (non-hydrogen) atoms. The summed E-state index contributed by atoms with van der Waals surface area (Å²) in [6.45, 7) is 6.65. The van der Waals surface area contributed by atoms with Gasteiger partial charge in [-0.3, -0.25) is 0 Å². The van der Waals surface area contributed by atoms with Crippen LogP contribution in [0.4, 0.5) is 4.39 Å². The van der Waals surface area contributed by atoms with Gasteiger partial charge in [-0.25, -0.2) is 4.39 Å². The predicted octanol–water partition coefficient (Wildman–Crippen LogP) is 3.53. The summed E-state index contributed by atoms with van der Waals surface area (Å²) < 4.78 is 20.4. The largest absolute Gasteiger partial charge is 0.374 e. The minimum Gasteiger partial charge on any atom is -0.374 e. The van der Waals surface area contributed by atoms with Crippen molar-refractivity contribution in [2.45, 2.75) is 38.8 Å². The second-order valence-electron chi connectivity index (χ2n) is 4.82. The fourth-order valence-corrected chi connectivity index (χ4v) is 2.50. The second-order valence-corrected chi connectivity index (χ2v) is 5.73. The Morgan fingerprint density at radius 1 is 1.44 bits per heavy atom. The predicted molar refractivity (Wildman–Crippen MR) is 76.4 cm³/mol. The van der Waals surface area contributed by atoms with Crippen molar-refractivity contribution in [2.24, 2.45) is 0 Å². The molecular formula is C14H21BrFNO. The molecule has 1 aromatic carbocycles. The molecule has 0 aromatic heterocycles. The molecule has 1 N–H and O–H groups in total. The van der Waals surface area contributed by atoms with E-state index in [0.717, 1.165) is 4.47 Å². The van der Waals surface area contributed by atoms with Crippen molar-refractivity contribution in [2.75, 3.05) is 13.7 Å². The van der Waals surface area contributed by atoms with E-state index >= 15 is 0 Å². The van der Waals surface area contributed by atoms with Crippen LogP contribution in [0.1, 0.15) is 26.3 Å². The maximum absolute atomic E-state index is 13.8. The fraction of sp³-hybridized carbons (Fsp3) is 0.571. The maximum Gasteiger partial charge on any atom is 0.126 e. The van der Waals surface area contributed by atoms with Crippen molar-refractivity contribution in [3.05, 3.63) is 34.1 Å². The molecule has 2 nitrogen and oxygen atoms in total. The Bertz CT molecular complexity index is 395. The molecule has 1 unspecified atom stereocenters. The van der Waals surface area contributed by atoms with Crippen molar-refractivity contribution >= 4 is 15.9 Å². The van der Waals surface area contributed by atoms with E-state index in [-0.39, 0.29) is 17.5 Å². The summed E-state index contributed by atoms with van der Waals surface area (Å²) in [6.07, 6.45) is 0.592. The lowest BCUT2D eigenvalue weighted by Crippen LogP contribution is -2.48. The van der Waals surface area contributed by atoms with E-state index < -0.39 is 0 Å². The Morgan fingerprint density at radius 2 is 2.11 bits per heavy atom. The summed E-state index contributed by atoms with van der Waals surface area (Å²) in [5, 5.41) is 3.22. The van der Waals surface area contributed by atoms with Gasteiger partial charge in [0.15, 0.2) is 0 Å². The molecule has 0 spiro atoms. The Morgan fingerprint density at radius 3 is 2.67 bits per heavy atom. The zero-order chi connectivity index (χ0) is 13.8. The van der Waals surface area contributed by atoms with Gasteiger partial charge in [0, 0.05) is 17.1 Å². The highest BCUT2D eigenvalue weighted by Crippen LogP contribution is 2.22. The lowest BCUT2D eigenvalue weighted by molar-refractivity contribution is -0.0364. The Kier molecular flexibility index (Phi) is 5.76. The summed E-state index contributed by atoms with van der Waals surface area (Å²) in [7, 11) is 1.88. The van der Waals surface area contributed by atoms with Crippen LogP contribution in [0.15, 0.2) is 22.7 Å². The minimum atomic E-state index is -0.335. The molecule has 0 saturated heterocycles. The number of benzene rings is 1. The number of halogens is 2. The maximum atomic E-state index is 13.8. The zero-order valence-corrected chi connectivity index (χ0v) is 13.0. The van der Waals surface area contributed by atoms with E-state index in [2.05, 4.69) is 21.2 Å². The van der Waals surface area contributed by atoms with Crippen LogP contribution in [0, 0.1) is 5.82 Å². The molecule has 1 aromatic rings. The van der Waals surface area contributed by atoms with E-state index in [4.69, 9.17) is 4.74 Å². The molecule has 4 heteroatoms. The van der Waals surface area contributed by atoms with Gasteiger partial charge in [0.2, 0.25) is 0 Å². The summed E-state index contributed by atoms with van der Waals surface area (Å²) in [6, 6.07) is 5.07. The standard InChI is InChI=1S/C14H21BrFNO/c1-5-18-14(2,3)13(17-4)9-10-8-11(15)6-7-12(10)16/h6-8,13,17H,5,9H2,1-4H3. The molecule has 0 saturated carbocycles. The number of hydrogen-bond acceptors (Lipinski definition) is 2. The third-order valence-electron chi connectivity index (χ3n) is 3.14. The van der Waals surface area contributed by atoms with Crippen LogP contribution in [0.3, 0.4) is 0 Å². The summed E-state index contributed by atoms with van der Waals surface area (Å²) >= 11 is 3.37. The summed E-state index contributed by atoms with van der Waals surface area (Å²) in [4.78, 5) is 0. The number of likely N-dealkylation sites (N-methyl/N-ethyl adjacent to an activating group) is 1. The van der Waals surface area contributed by atoms with Crippen LogP contribution >= 0.6 is 15.9 Å². The molecule has 0 radical (unpaired) electrons. The normalized spacial score (nSPS) is 13.7. The number of rotatable bonds is 6. The average molecular weight is 318 g/mol. The first-order valence-corrected chi connectivity index (χ1v) is 6.95. The van der Waals surface area contributed by atoms with Crippen molar-refractivity contribution in [1.29, 1.82) is 0 Å². The van der Waals surface area contributed by atoms with Gasteiger partial charge in [0.25, 0.3) is 0 Å². The average Bonchev–Trinajstić information content (AvgIpc) is 2.29. The van der Waals surface area contributed by atoms with Crippen LogP contribution in [0.5, 0.6) is 0 Å². The van der Waals surface area contributed by atoms with Crippen LogP contribution in [-0.2, 0) is 11.2 Å². The van der Waals surface area contributed by atoms with Crippen molar-refractivity contribution in [3.8, 4) is 0 Å². The molecule has 1 atom stereocenters. The summed E-state index contributed by atoms with van der Waals surface area (Å²) in [5.41, 5.74) is 0.356. The molecule has 0 heterocycles. The first kappa shape index (κ1) is 15.6. The smallest absolute Gasteiger partial charge is 0.126 e. The highest BCUT2D eigenvalue weighted by Gasteiger charge is 2.29. The first-order valence-electron chi connectivity index (χ1n) is 6.16. The van der Waals surface area contributed by atoms with Gasteiger partial charge in [-0.2, -0.15) is 0 Å². The molecular weight excluding hydrogens is 297 g/mol. The van der Waals surface area contributed by atoms with Crippen LogP contribution in [0.2, 0.25) is 0 Å². The molecule has 1 rings (SSSR count). The molecule has 0 amide bonds. The van der Waals surface area contributed by atoms with Crippen molar-refractivity contribution in [1.82, 2.24) is 5.32 Å². The monoisotopic (exact) mass is 317 g/mol. The van der Waals surface area contributed by atoms with E-state index in [1.54, 1.807) is 6.07 Å². The highest BCUT2D eigenvalue weighted by atomic mass is 79.9. The molecule has 102 valence electrons. The molecule has 0 fully saturated rings. The SMILES string of the molecule is CCOC(C)(C)C(Cc1cc(Br)ccc1F)NC. The molecule has 0 bridgehead atoms. The van der Waals surface area contributed by atoms with Gasteiger partial charge >= 0.3 is 0 Å². The lowest BCUT2D eigenvalue weighted by Gasteiger charge is -2.34. The molecule has 0 aliphatic heterocycles. The van der Waals surface area contributed by atoms with Crippen LogP contribution in [0.25, 0.3) is 0 Å². The van der Waals surface area contributed by atoms with E-state index in [1.165, 1.54) is 6.07 Å². The van der Waals surface area contributed by atoms with Gasteiger partial charge in [-0.05, 0) is 58.0 Å². The van der Waals surface area contributed by atoms with Crippen LogP contribution < -0.4 is 5.32 Å². The van der Waals surface area contributed by atoms with Gasteiger partial charge in [-0.1, -0.05) is 15.9 Å². The topological polar surface area (TPSA) is 21.3 Å². The van der Waals surface area contributed by atoms with Crippen molar-refractivity contribution in [3.63, 3.8) is 0 Å². The summed E-state index contributed by atoms with van der Waals surface area (Å²) in [5.74, 6) is -0.175. The minimum absolute atomic E-state index is 0.0567. The molecule has 0 aliphatic carbocycles. The fourth-order valence-electron chi connectivity index (χ4n) is 2.09. The zero-order valence-electron chi connectivity index (χ0n) is 11.4. The quantitative estimate of drug-likeness (QED) is 0.866. The van der Waals surface area contributed by atoms with Gasteiger partial charge in [0.05, 0.1) is 5.60 Å². The third-order valence-corrected chi connectivity index (χ3v) is 3.63. The Labute approximate surface area is 117 Å². The first-order chi connectivity index (χ1) is 8.40. The number of hydrogen-bond donors (Lipinski definition) is 1. The van der Waals surface area contributed by atoms with Crippen molar-refractivity contribution < 1.29 is 9.13 Å². The Balaban J connectivity index is 2.89. The van der Waals surface area contributed by atoms with Gasteiger partial charge in [-0.15, -0.1) is 0 Å². The van der Waals surface area contributed by atoms with Gasteiger partial charge < -0.3 is 10.1 Å². The third kappa shape index (κ3) is 4.04. The number of ether oxygens (including phenoxy) is 1.